The van der Waals surface area contributed by atoms with Gasteiger partial charge in [0.25, 0.3) is 5.91 Å². The summed E-state index contributed by atoms with van der Waals surface area (Å²) in [6.45, 7) is 9.90. The van der Waals surface area contributed by atoms with Crippen molar-refractivity contribution < 1.29 is 9.53 Å². The number of anilines is 1. The Balaban J connectivity index is 1.97. The van der Waals surface area contributed by atoms with Crippen molar-refractivity contribution in [2.24, 2.45) is 0 Å². The molecule has 1 atom stereocenters. The highest BCUT2D eigenvalue weighted by atomic mass is 32.2. The molecule has 1 amide bonds. The molecular weight excluding hydrogens is 330 g/mol. The largest absolute Gasteiger partial charge is 0.481 e. The molecule has 2 rings (SSSR count). The van der Waals surface area contributed by atoms with Crippen LogP contribution in [0.5, 0.6) is 5.75 Å². The van der Waals surface area contributed by atoms with E-state index in [0.29, 0.717) is 10.4 Å². The van der Waals surface area contributed by atoms with Gasteiger partial charge in [0.05, 0.1) is 0 Å². The van der Waals surface area contributed by atoms with E-state index in [0.717, 1.165) is 21.2 Å². The molecule has 0 aliphatic carbocycles. The predicted molar refractivity (Wildman–Crippen MR) is 95.5 cm³/mol. The van der Waals surface area contributed by atoms with Crippen LogP contribution in [0.4, 0.5) is 5.13 Å². The second-order valence-electron chi connectivity index (χ2n) is 5.49. The van der Waals surface area contributed by atoms with Gasteiger partial charge in [0.1, 0.15) is 5.75 Å². The first-order valence-electron chi connectivity index (χ1n) is 7.40. The first-order valence-corrected chi connectivity index (χ1v) is 9.10. The SMILES string of the molecule is Cc1cccc(O[C@@H](C)C(=O)Nc2nnc(SC(C)C)s2)c1C. The second-order valence-corrected chi connectivity index (χ2v) is 8.29. The number of thioether (sulfide) groups is 1. The summed E-state index contributed by atoms with van der Waals surface area (Å²) in [6, 6.07) is 5.80. The second kappa shape index (κ2) is 7.79. The number of nitrogens with one attached hydrogen (secondary N) is 1. The molecule has 0 aliphatic heterocycles. The van der Waals surface area contributed by atoms with Crippen LogP contribution >= 0.6 is 23.1 Å². The number of rotatable bonds is 6. The van der Waals surface area contributed by atoms with Crippen molar-refractivity contribution >= 4 is 34.1 Å². The van der Waals surface area contributed by atoms with Gasteiger partial charge in [-0.25, -0.2) is 0 Å². The number of nitrogens with zero attached hydrogens (tertiary/aromatic N) is 2. The summed E-state index contributed by atoms with van der Waals surface area (Å²) < 4.78 is 6.62. The number of benzene rings is 1. The Labute approximate surface area is 144 Å². The van der Waals surface area contributed by atoms with Gasteiger partial charge in [-0.15, -0.1) is 10.2 Å². The summed E-state index contributed by atoms with van der Waals surface area (Å²) in [7, 11) is 0. The Bertz CT molecular complexity index is 686. The van der Waals surface area contributed by atoms with Gasteiger partial charge in [0, 0.05) is 5.25 Å². The molecule has 124 valence electrons. The third kappa shape index (κ3) is 4.94. The molecule has 0 bridgehead atoms. The van der Waals surface area contributed by atoms with Crippen LogP contribution in [0.15, 0.2) is 22.5 Å². The van der Waals surface area contributed by atoms with E-state index in [1.807, 2.05) is 32.0 Å². The Morgan fingerprint density at radius 3 is 2.70 bits per heavy atom. The minimum absolute atomic E-state index is 0.233. The zero-order valence-corrected chi connectivity index (χ0v) is 15.5. The Kier molecular flexibility index (Phi) is 6.01. The number of amides is 1. The van der Waals surface area contributed by atoms with E-state index < -0.39 is 6.10 Å². The molecule has 2 aromatic rings. The van der Waals surface area contributed by atoms with Crippen molar-refractivity contribution in [3.05, 3.63) is 29.3 Å². The first kappa shape index (κ1) is 17.7. The summed E-state index contributed by atoms with van der Waals surface area (Å²) in [5, 5.41) is 11.7. The van der Waals surface area contributed by atoms with Crippen LogP contribution in [0.1, 0.15) is 31.9 Å². The maximum absolute atomic E-state index is 12.2. The van der Waals surface area contributed by atoms with E-state index in [4.69, 9.17) is 4.74 Å². The Morgan fingerprint density at radius 2 is 2.00 bits per heavy atom. The van der Waals surface area contributed by atoms with Gasteiger partial charge in [-0.05, 0) is 38.0 Å². The number of aryl methyl sites for hydroxylation is 1. The fourth-order valence-electron chi connectivity index (χ4n) is 1.81. The van der Waals surface area contributed by atoms with Crippen LogP contribution in [-0.2, 0) is 4.79 Å². The van der Waals surface area contributed by atoms with Crippen LogP contribution in [0.2, 0.25) is 0 Å². The van der Waals surface area contributed by atoms with Crippen LogP contribution in [0.3, 0.4) is 0 Å². The Hall–Kier alpha value is -1.60. The van der Waals surface area contributed by atoms with Crippen LogP contribution in [0.25, 0.3) is 0 Å². The third-order valence-electron chi connectivity index (χ3n) is 3.20. The highest BCUT2D eigenvalue weighted by Gasteiger charge is 2.18. The fraction of sp³-hybridized carbons (Fsp3) is 0.438. The molecule has 0 fully saturated rings. The summed E-state index contributed by atoms with van der Waals surface area (Å²) >= 11 is 3.00. The molecule has 0 saturated heterocycles. The van der Waals surface area contributed by atoms with Gasteiger partial charge in [0.15, 0.2) is 10.4 Å². The van der Waals surface area contributed by atoms with E-state index >= 15 is 0 Å². The number of hydrogen-bond donors (Lipinski definition) is 1. The zero-order valence-electron chi connectivity index (χ0n) is 13.9. The summed E-state index contributed by atoms with van der Waals surface area (Å²) in [5.74, 6) is 0.490. The van der Waals surface area contributed by atoms with Gasteiger partial charge in [0.2, 0.25) is 5.13 Å². The molecule has 5 nitrogen and oxygen atoms in total. The molecule has 0 aliphatic rings. The lowest BCUT2D eigenvalue weighted by molar-refractivity contribution is -0.122. The van der Waals surface area contributed by atoms with Crippen molar-refractivity contribution in [3.63, 3.8) is 0 Å². The van der Waals surface area contributed by atoms with Crippen molar-refractivity contribution in [3.8, 4) is 5.75 Å². The highest BCUT2D eigenvalue weighted by Crippen LogP contribution is 2.28. The topological polar surface area (TPSA) is 64.1 Å². The minimum atomic E-state index is -0.611. The van der Waals surface area contributed by atoms with Gasteiger partial charge < -0.3 is 4.74 Å². The molecule has 0 spiro atoms. The third-order valence-corrected chi connectivity index (χ3v) is 5.13. The van der Waals surface area contributed by atoms with E-state index in [1.54, 1.807) is 18.7 Å². The maximum atomic E-state index is 12.2. The van der Waals surface area contributed by atoms with Gasteiger partial charge in [-0.2, -0.15) is 0 Å². The molecule has 0 radical (unpaired) electrons. The number of carbonyl (C=O) groups is 1. The van der Waals surface area contributed by atoms with Crippen molar-refractivity contribution in [1.29, 1.82) is 0 Å². The number of ether oxygens (including phenoxy) is 1. The molecule has 1 N–H and O–H groups in total. The molecule has 0 saturated carbocycles. The molecule has 7 heteroatoms. The number of carbonyl (C=O) groups excluding carboxylic acids is 1. The average molecular weight is 351 g/mol. The summed E-state index contributed by atoms with van der Waals surface area (Å²) in [5.41, 5.74) is 2.17. The highest BCUT2D eigenvalue weighted by molar-refractivity contribution is 8.01. The number of hydrogen-bond acceptors (Lipinski definition) is 6. The quantitative estimate of drug-likeness (QED) is 0.628. The standard InChI is InChI=1S/C16H21N3O2S2/c1-9(2)22-16-19-18-15(23-16)17-14(20)12(5)21-13-8-6-7-10(3)11(13)4/h6-9,12H,1-5H3,(H,17,18,20)/t12-/m0/s1. The Morgan fingerprint density at radius 1 is 1.26 bits per heavy atom. The lowest BCUT2D eigenvalue weighted by Gasteiger charge is -2.16. The first-order chi connectivity index (χ1) is 10.9. The predicted octanol–water partition coefficient (Wildman–Crippen LogP) is 4.06. The molecule has 0 unspecified atom stereocenters. The van der Waals surface area contributed by atoms with Gasteiger partial charge in [-0.1, -0.05) is 49.1 Å². The van der Waals surface area contributed by atoms with Crippen molar-refractivity contribution in [2.75, 3.05) is 5.32 Å². The maximum Gasteiger partial charge on any atom is 0.266 e. The molecule has 1 aromatic carbocycles. The normalized spacial score (nSPS) is 12.3. The van der Waals surface area contributed by atoms with E-state index in [9.17, 15) is 4.79 Å². The molecular formula is C16H21N3O2S2. The molecule has 1 heterocycles. The average Bonchev–Trinajstić information content (AvgIpc) is 2.90. The smallest absolute Gasteiger partial charge is 0.266 e. The van der Waals surface area contributed by atoms with E-state index in [1.165, 1.54) is 11.3 Å². The van der Waals surface area contributed by atoms with E-state index in [2.05, 4.69) is 29.4 Å². The molecule has 23 heavy (non-hydrogen) atoms. The lowest BCUT2D eigenvalue weighted by atomic mass is 10.1. The van der Waals surface area contributed by atoms with Crippen molar-refractivity contribution in [1.82, 2.24) is 10.2 Å². The monoisotopic (exact) mass is 351 g/mol. The van der Waals surface area contributed by atoms with Crippen molar-refractivity contribution in [2.45, 2.75) is 50.3 Å². The zero-order chi connectivity index (χ0) is 17.0. The van der Waals surface area contributed by atoms with Crippen LogP contribution in [-0.4, -0.2) is 27.5 Å². The van der Waals surface area contributed by atoms with Crippen LogP contribution < -0.4 is 10.1 Å². The lowest BCUT2D eigenvalue weighted by Crippen LogP contribution is -2.30. The van der Waals surface area contributed by atoms with Gasteiger partial charge >= 0.3 is 0 Å². The number of aromatic nitrogens is 2. The summed E-state index contributed by atoms with van der Waals surface area (Å²) in [4.78, 5) is 12.2. The fourth-order valence-corrected chi connectivity index (χ4v) is 3.79. The summed E-state index contributed by atoms with van der Waals surface area (Å²) in [6.07, 6.45) is -0.611. The minimum Gasteiger partial charge on any atom is -0.481 e. The molecule has 1 aromatic heterocycles. The van der Waals surface area contributed by atoms with Gasteiger partial charge in [-0.3, -0.25) is 10.1 Å². The van der Waals surface area contributed by atoms with Crippen LogP contribution in [0, 0.1) is 13.8 Å². The van der Waals surface area contributed by atoms with E-state index in [-0.39, 0.29) is 5.91 Å².